The van der Waals surface area contributed by atoms with Crippen molar-refractivity contribution in [2.75, 3.05) is 5.32 Å². The van der Waals surface area contributed by atoms with Crippen LogP contribution in [0.1, 0.15) is 5.69 Å². The van der Waals surface area contributed by atoms with Crippen molar-refractivity contribution in [2.45, 2.75) is 6.92 Å². The Morgan fingerprint density at radius 1 is 1.04 bits per heavy atom. The van der Waals surface area contributed by atoms with Gasteiger partial charge in [0.1, 0.15) is 23.1 Å². The highest BCUT2D eigenvalue weighted by molar-refractivity contribution is 5.93. The number of fused-ring (bicyclic) bond motifs is 1. The van der Waals surface area contributed by atoms with E-state index in [-0.39, 0.29) is 5.69 Å². The number of anilines is 2. The second-order valence-electron chi connectivity index (χ2n) is 5.71. The molecule has 0 atom stereocenters. The second kappa shape index (κ2) is 6.44. The van der Waals surface area contributed by atoms with E-state index >= 15 is 0 Å². The first-order chi connectivity index (χ1) is 12.6. The summed E-state index contributed by atoms with van der Waals surface area (Å²) in [4.78, 5) is 8.74. The number of nitrogens with one attached hydrogen (secondary N) is 1. The summed E-state index contributed by atoms with van der Waals surface area (Å²) in [5.74, 6) is -0.900. The van der Waals surface area contributed by atoms with Gasteiger partial charge in [0.25, 0.3) is 0 Å². The van der Waals surface area contributed by atoms with Crippen LogP contribution in [0.5, 0.6) is 0 Å². The molecule has 4 aromatic rings. The molecule has 0 spiro atoms. The first kappa shape index (κ1) is 16.0. The second-order valence-corrected chi connectivity index (χ2v) is 5.71. The average Bonchev–Trinajstić information content (AvgIpc) is 2.64. The normalized spacial score (nSPS) is 10.9. The first-order valence-corrected chi connectivity index (χ1v) is 7.88. The van der Waals surface area contributed by atoms with E-state index in [9.17, 15) is 8.78 Å². The largest absolute Gasteiger partial charge is 0.338 e. The number of aromatic nitrogens is 4. The van der Waals surface area contributed by atoms with E-state index in [1.165, 1.54) is 18.3 Å². The van der Waals surface area contributed by atoms with Gasteiger partial charge in [-0.1, -0.05) is 0 Å². The summed E-state index contributed by atoms with van der Waals surface area (Å²) in [6.07, 6.45) is 3.26. The molecule has 0 saturated carbocycles. The Morgan fingerprint density at radius 3 is 2.73 bits per heavy atom. The van der Waals surface area contributed by atoms with Crippen molar-refractivity contribution in [3.63, 3.8) is 0 Å². The summed E-state index contributed by atoms with van der Waals surface area (Å²) in [5, 5.41) is 11.9. The molecule has 128 valence electrons. The van der Waals surface area contributed by atoms with Crippen molar-refractivity contribution >= 4 is 22.4 Å². The molecular weight excluding hydrogens is 336 g/mol. The van der Waals surface area contributed by atoms with E-state index in [1.807, 2.05) is 25.1 Å². The lowest BCUT2D eigenvalue weighted by Crippen LogP contribution is -1.99. The third-order valence-corrected chi connectivity index (χ3v) is 3.97. The Hall–Kier alpha value is -3.48. The number of halogens is 2. The smallest absolute Gasteiger partial charge is 0.149 e. The molecule has 0 amide bonds. The van der Waals surface area contributed by atoms with Crippen LogP contribution in [-0.4, -0.2) is 20.2 Å². The van der Waals surface area contributed by atoms with Crippen molar-refractivity contribution in [3.05, 3.63) is 72.2 Å². The molecule has 0 bridgehead atoms. The van der Waals surface area contributed by atoms with Crippen molar-refractivity contribution in [1.29, 1.82) is 0 Å². The minimum Gasteiger partial charge on any atom is -0.338 e. The van der Waals surface area contributed by atoms with E-state index in [2.05, 4.69) is 25.5 Å². The maximum atomic E-state index is 13.8. The maximum Gasteiger partial charge on any atom is 0.149 e. The van der Waals surface area contributed by atoms with Crippen LogP contribution in [0.2, 0.25) is 0 Å². The van der Waals surface area contributed by atoms with Gasteiger partial charge in [-0.25, -0.2) is 13.8 Å². The molecule has 3 aromatic heterocycles. The van der Waals surface area contributed by atoms with Crippen LogP contribution in [0.3, 0.4) is 0 Å². The lowest BCUT2D eigenvalue weighted by Gasteiger charge is -2.10. The highest BCUT2D eigenvalue weighted by atomic mass is 19.1. The van der Waals surface area contributed by atoms with Crippen LogP contribution in [0.25, 0.3) is 22.2 Å². The molecule has 0 aliphatic carbocycles. The van der Waals surface area contributed by atoms with Crippen LogP contribution >= 0.6 is 0 Å². The zero-order valence-corrected chi connectivity index (χ0v) is 13.7. The van der Waals surface area contributed by atoms with Crippen molar-refractivity contribution < 1.29 is 8.78 Å². The fraction of sp³-hybridized carbons (Fsp3) is 0.0526. The molecule has 1 aromatic carbocycles. The first-order valence-electron chi connectivity index (χ1n) is 7.88. The minimum absolute atomic E-state index is 0.142. The van der Waals surface area contributed by atoms with Crippen molar-refractivity contribution in [2.24, 2.45) is 0 Å². The molecule has 0 aliphatic rings. The molecular formula is C19H13F2N5. The molecule has 0 aliphatic heterocycles. The fourth-order valence-electron chi connectivity index (χ4n) is 2.70. The molecule has 4 rings (SSSR count). The van der Waals surface area contributed by atoms with Gasteiger partial charge in [0, 0.05) is 28.9 Å². The minimum atomic E-state index is -0.688. The molecule has 5 nitrogen and oxygen atoms in total. The zero-order chi connectivity index (χ0) is 18.1. The number of hydrogen-bond donors (Lipinski definition) is 1. The Morgan fingerprint density at radius 2 is 1.92 bits per heavy atom. The number of pyridine rings is 2. The Kier molecular flexibility index (Phi) is 3.96. The van der Waals surface area contributed by atoms with Crippen molar-refractivity contribution in [3.8, 4) is 11.3 Å². The fourth-order valence-corrected chi connectivity index (χ4v) is 2.70. The predicted octanol–water partition coefficient (Wildman–Crippen LogP) is 4.42. The summed E-state index contributed by atoms with van der Waals surface area (Å²) >= 11 is 0. The van der Waals surface area contributed by atoms with Gasteiger partial charge in [-0.05, 0) is 43.3 Å². The Bertz CT molecular complexity index is 1110. The highest BCUT2D eigenvalue weighted by Crippen LogP contribution is 2.28. The van der Waals surface area contributed by atoms with Crippen LogP contribution in [0, 0.1) is 18.6 Å². The van der Waals surface area contributed by atoms with Gasteiger partial charge >= 0.3 is 0 Å². The van der Waals surface area contributed by atoms with E-state index in [4.69, 9.17) is 0 Å². The molecule has 26 heavy (non-hydrogen) atoms. The van der Waals surface area contributed by atoms with E-state index in [1.54, 1.807) is 12.3 Å². The van der Waals surface area contributed by atoms with E-state index in [0.29, 0.717) is 17.0 Å². The number of hydrogen-bond acceptors (Lipinski definition) is 5. The topological polar surface area (TPSA) is 63.6 Å². The van der Waals surface area contributed by atoms with Gasteiger partial charge in [-0.3, -0.25) is 4.98 Å². The average molecular weight is 349 g/mol. The van der Waals surface area contributed by atoms with Gasteiger partial charge in [0.15, 0.2) is 0 Å². The summed E-state index contributed by atoms with van der Waals surface area (Å²) in [7, 11) is 0. The molecule has 0 unspecified atom stereocenters. The van der Waals surface area contributed by atoms with Gasteiger partial charge in [-0.15, -0.1) is 5.10 Å². The summed E-state index contributed by atoms with van der Waals surface area (Å²) in [6, 6.07) is 10.6. The maximum absolute atomic E-state index is 13.8. The summed E-state index contributed by atoms with van der Waals surface area (Å²) in [6.45, 7) is 1.90. The van der Waals surface area contributed by atoms with Gasteiger partial charge in [0.2, 0.25) is 0 Å². The predicted molar refractivity (Wildman–Crippen MR) is 94.9 cm³/mol. The van der Waals surface area contributed by atoms with Gasteiger partial charge in [0.05, 0.1) is 17.4 Å². The Labute approximate surface area is 147 Å². The monoisotopic (exact) mass is 349 g/mol. The molecule has 0 fully saturated rings. The number of rotatable bonds is 3. The molecule has 3 heterocycles. The van der Waals surface area contributed by atoms with Crippen LogP contribution < -0.4 is 5.32 Å². The number of aryl methyl sites for hydroxylation is 1. The third-order valence-electron chi connectivity index (χ3n) is 3.97. The molecule has 0 saturated heterocycles. The number of benzene rings is 1. The quantitative estimate of drug-likeness (QED) is 0.593. The third kappa shape index (κ3) is 2.95. The molecule has 7 heteroatoms. The lowest BCUT2D eigenvalue weighted by molar-refractivity contribution is 0.586. The van der Waals surface area contributed by atoms with Gasteiger partial charge < -0.3 is 5.32 Å². The zero-order valence-electron chi connectivity index (χ0n) is 13.7. The van der Waals surface area contributed by atoms with E-state index in [0.717, 1.165) is 22.7 Å². The van der Waals surface area contributed by atoms with E-state index < -0.39 is 11.6 Å². The highest BCUT2D eigenvalue weighted by Gasteiger charge is 2.11. The van der Waals surface area contributed by atoms with Crippen molar-refractivity contribution in [1.82, 2.24) is 20.2 Å². The molecule has 0 radical (unpaired) electrons. The SMILES string of the molecule is Cc1ncccc1-c1nncc2nc(Nc3ccc(F)cc3F)ccc12. The van der Waals surface area contributed by atoms with Crippen LogP contribution in [0.4, 0.5) is 20.3 Å². The summed E-state index contributed by atoms with van der Waals surface area (Å²) < 4.78 is 26.8. The van der Waals surface area contributed by atoms with Crippen LogP contribution in [-0.2, 0) is 0 Å². The van der Waals surface area contributed by atoms with Crippen LogP contribution in [0.15, 0.2) is 54.9 Å². The number of nitrogens with zero attached hydrogens (tertiary/aromatic N) is 4. The molecule has 1 N–H and O–H groups in total. The van der Waals surface area contributed by atoms with Gasteiger partial charge in [-0.2, -0.15) is 5.10 Å². The summed E-state index contributed by atoms with van der Waals surface area (Å²) in [5.41, 5.74) is 3.14. The Balaban J connectivity index is 1.76. The standard InChI is InChI=1S/C19H13F2N5/c1-11-13(3-2-8-22-11)19-14-5-7-18(25-17(14)10-23-26-19)24-16-6-4-12(20)9-15(16)21/h2-10H,1H3,(H,24,25). The lowest BCUT2D eigenvalue weighted by atomic mass is 10.1.